The molecule has 0 unspecified atom stereocenters. The summed E-state index contributed by atoms with van der Waals surface area (Å²) in [6, 6.07) is 7.58. The highest BCUT2D eigenvalue weighted by Gasteiger charge is 2.13. The van der Waals surface area contributed by atoms with E-state index < -0.39 is 30.1 Å². The Bertz CT molecular complexity index is 745. The molecule has 2 aromatic carbocycles. The van der Waals surface area contributed by atoms with Crippen molar-refractivity contribution in [2.45, 2.75) is 6.92 Å². The van der Waals surface area contributed by atoms with Crippen LogP contribution in [0.3, 0.4) is 0 Å². The number of rotatable bonds is 4. The van der Waals surface area contributed by atoms with E-state index in [4.69, 9.17) is 4.74 Å². The number of ether oxygens (including phenoxy) is 1. The standard InChI is InChI=1S/C16H12BrF2NO3/c1-9-4-11(17)2-3-14(9)20-15(21)8-23-16(22)10-5-12(18)7-13(19)6-10/h2-7H,8H2,1H3,(H,20,21). The first-order chi connectivity index (χ1) is 10.8. The fourth-order valence-corrected chi connectivity index (χ4v) is 2.32. The molecule has 2 rings (SSSR count). The van der Waals surface area contributed by atoms with Gasteiger partial charge in [0.25, 0.3) is 5.91 Å². The largest absolute Gasteiger partial charge is 0.452 e. The lowest BCUT2D eigenvalue weighted by molar-refractivity contribution is -0.119. The van der Waals surface area contributed by atoms with Gasteiger partial charge in [0.2, 0.25) is 0 Å². The van der Waals surface area contributed by atoms with Crippen molar-refractivity contribution in [1.29, 1.82) is 0 Å². The van der Waals surface area contributed by atoms with Gasteiger partial charge >= 0.3 is 5.97 Å². The van der Waals surface area contributed by atoms with Crippen molar-refractivity contribution in [3.63, 3.8) is 0 Å². The second kappa shape index (κ2) is 7.32. The number of carbonyl (C=O) groups excluding carboxylic acids is 2. The first-order valence-corrected chi connectivity index (χ1v) is 7.33. The van der Waals surface area contributed by atoms with Crippen molar-refractivity contribution in [1.82, 2.24) is 0 Å². The van der Waals surface area contributed by atoms with Gasteiger partial charge in [0, 0.05) is 16.2 Å². The Kier molecular flexibility index (Phi) is 5.44. The Morgan fingerprint density at radius 1 is 1.13 bits per heavy atom. The zero-order valence-electron chi connectivity index (χ0n) is 12.0. The van der Waals surface area contributed by atoms with Crippen LogP contribution in [0.4, 0.5) is 14.5 Å². The van der Waals surface area contributed by atoms with Crippen LogP contribution in [0.25, 0.3) is 0 Å². The first-order valence-electron chi connectivity index (χ1n) is 6.54. The second-order valence-corrected chi connectivity index (χ2v) is 5.66. The van der Waals surface area contributed by atoms with Gasteiger partial charge in [-0.2, -0.15) is 0 Å². The number of halogens is 3. The van der Waals surface area contributed by atoms with Crippen molar-refractivity contribution in [2.75, 3.05) is 11.9 Å². The minimum atomic E-state index is -0.980. The lowest BCUT2D eigenvalue weighted by atomic mass is 10.2. The quantitative estimate of drug-likeness (QED) is 0.816. The Labute approximate surface area is 139 Å². The summed E-state index contributed by atoms with van der Waals surface area (Å²) in [6.07, 6.45) is 0. The molecule has 0 atom stereocenters. The molecule has 0 bridgehead atoms. The average molecular weight is 384 g/mol. The number of amides is 1. The lowest BCUT2D eigenvalue weighted by Crippen LogP contribution is -2.21. The number of benzene rings is 2. The third kappa shape index (κ3) is 4.85. The van der Waals surface area contributed by atoms with Crippen molar-refractivity contribution in [3.05, 3.63) is 63.6 Å². The fraction of sp³-hybridized carbons (Fsp3) is 0.125. The summed E-state index contributed by atoms with van der Waals surface area (Å²) >= 11 is 3.31. The molecular formula is C16H12BrF2NO3. The highest BCUT2D eigenvalue weighted by atomic mass is 79.9. The predicted molar refractivity (Wildman–Crippen MR) is 84.1 cm³/mol. The van der Waals surface area contributed by atoms with Gasteiger partial charge in [0.1, 0.15) is 11.6 Å². The van der Waals surface area contributed by atoms with Gasteiger partial charge in [-0.25, -0.2) is 13.6 Å². The van der Waals surface area contributed by atoms with Crippen molar-refractivity contribution in [2.24, 2.45) is 0 Å². The SMILES string of the molecule is Cc1cc(Br)ccc1NC(=O)COC(=O)c1cc(F)cc(F)c1. The summed E-state index contributed by atoms with van der Waals surface area (Å²) in [4.78, 5) is 23.4. The number of esters is 1. The van der Waals surface area contributed by atoms with E-state index in [0.29, 0.717) is 11.8 Å². The van der Waals surface area contributed by atoms with Crippen LogP contribution >= 0.6 is 15.9 Å². The molecule has 120 valence electrons. The minimum Gasteiger partial charge on any atom is -0.452 e. The number of nitrogens with one attached hydrogen (secondary N) is 1. The number of hydrogen-bond acceptors (Lipinski definition) is 3. The van der Waals surface area contributed by atoms with Gasteiger partial charge in [-0.3, -0.25) is 4.79 Å². The number of hydrogen-bond donors (Lipinski definition) is 1. The van der Waals surface area contributed by atoms with Crippen LogP contribution in [-0.2, 0) is 9.53 Å². The highest BCUT2D eigenvalue weighted by molar-refractivity contribution is 9.10. The third-order valence-electron chi connectivity index (χ3n) is 2.90. The number of aryl methyl sites for hydroxylation is 1. The Hall–Kier alpha value is -2.28. The Morgan fingerprint density at radius 2 is 1.78 bits per heavy atom. The molecule has 1 N–H and O–H groups in total. The van der Waals surface area contributed by atoms with Gasteiger partial charge in [-0.05, 0) is 42.8 Å². The van der Waals surface area contributed by atoms with Crippen LogP contribution in [-0.4, -0.2) is 18.5 Å². The summed E-state index contributed by atoms with van der Waals surface area (Å²) in [7, 11) is 0. The second-order valence-electron chi connectivity index (χ2n) is 4.74. The van der Waals surface area contributed by atoms with Crippen LogP contribution in [0.15, 0.2) is 40.9 Å². The van der Waals surface area contributed by atoms with Crippen molar-refractivity contribution < 1.29 is 23.1 Å². The molecule has 7 heteroatoms. The van der Waals surface area contributed by atoms with Crippen LogP contribution in [0.1, 0.15) is 15.9 Å². The van der Waals surface area contributed by atoms with E-state index in [9.17, 15) is 18.4 Å². The van der Waals surface area contributed by atoms with Crippen LogP contribution in [0, 0.1) is 18.6 Å². The monoisotopic (exact) mass is 383 g/mol. The van der Waals surface area contributed by atoms with E-state index in [1.807, 2.05) is 13.0 Å². The smallest absolute Gasteiger partial charge is 0.338 e. The van der Waals surface area contributed by atoms with E-state index in [2.05, 4.69) is 21.2 Å². The Balaban J connectivity index is 1.94. The van der Waals surface area contributed by atoms with E-state index >= 15 is 0 Å². The molecule has 0 aromatic heterocycles. The molecule has 0 aliphatic carbocycles. The van der Waals surface area contributed by atoms with Crippen LogP contribution < -0.4 is 5.32 Å². The van der Waals surface area contributed by atoms with Gasteiger partial charge in [-0.1, -0.05) is 15.9 Å². The molecule has 2 aromatic rings. The molecule has 0 aliphatic heterocycles. The van der Waals surface area contributed by atoms with Gasteiger partial charge in [0.15, 0.2) is 6.61 Å². The maximum absolute atomic E-state index is 13.0. The zero-order valence-corrected chi connectivity index (χ0v) is 13.6. The number of carbonyl (C=O) groups is 2. The topological polar surface area (TPSA) is 55.4 Å². The lowest BCUT2D eigenvalue weighted by Gasteiger charge is -2.09. The van der Waals surface area contributed by atoms with Gasteiger partial charge in [0.05, 0.1) is 5.56 Å². The van der Waals surface area contributed by atoms with Gasteiger partial charge < -0.3 is 10.1 Å². The maximum Gasteiger partial charge on any atom is 0.338 e. The molecular weight excluding hydrogens is 372 g/mol. The third-order valence-corrected chi connectivity index (χ3v) is 3.39. The molecule has 0 saturated carbocycles. The van der Waals surface area contributed by atoms with E-state index in [-0.39, 0.29) is 5.56 Å². The molecule has 0 fully saturated rings. The summed E-state index contributed by atoms with van der Waals surface area (Å²) in [6.45, 7) is 1.24. The minimum absolute atomic E-state index is 0.296. The molecule has 0 spiro atoms. The number of anilines is 1. The summed E-state index contributed by atoms with van der Waals surface area (Å²) < 4.78 is 31.7. The van der Waals surface area contributed by atoms with Crippen LogP contribution in [0.2, 0.25) is 0 Å². The molecule has 0 radical (unpaired) electrons. The van der Waals surface area contributed by atoms with Gasteiger partial charge in [-0.15, -0.1) is 0 Å². The summed E-state index contributed by atoms with van der Waals surface area (Å²) in [5.74, 6) is -3.33. The maximum atomic E-state index is 13.0. The molecule has 0 aliphatic rings. The molecule has 23 heavy (non-hydrogen) atoms. The molecule has 4 nitrogen and oxygen atoms in total. The van der Waals surface area contributed by atoms with E-state index in [1.54, 1.807) is 12.1 Å². The zero-order chi connectivity index (χ0) is 17.0. The first kappa shape index (κ1) is 17.1. The molecule has 0 heterocycles. The van der Waals surface area contributed by atoms with Crippen molar-refractivity contribution in [3.8, 4) is 0 Å². The molecule has 0 saturated heterocycles. The highest BCUT2D eigenvalue weighted by Crippen LogP contribution is 2.20. The normalized spacial score (nSPS) is 10.3. The van der Waals surface area contributed by atoms with Crippen molar-refractivity contribution >= 4 is 33.5 Å². The summed E-state index contributed by atoms with van der Waals surface area (Å²) in [5, 5.41) is 2.58. The summed E-state index contributed by atoms with van der Waals surface area (Å²) in [5.41, 5.74) is 1.10. The van der Waals surface area contributed by atoms with E-state index in [0.717, 1.165) is 22.2 Å². The van der Waals surface area contributed by atoms with Crippen LogP contribution in [0.5, 0.6) is 0 Å². The fourth-order valence-electron chi connectivity index (χ4n) is 1.84. The predicted octanol–water partition coefficient (Wildman–Crippen LogP) is 3.83. The average Bonchev–Trinajstić information content (AvgIpc) is 2.46. The van der Waals surface area contributed by atoms with E-state index in [1.165, 1.54) is 0 Å². The molecule has 1 amide bonds. The Morgan fingerprint density at radius 3 is 2.39 bits per heavy atom.